The van der Waals surface area contributed by atoms with Gasteiger partial charge >= 0.3 is 16.1 Å². The molecule has 8 aliphatic rings. The summed E-state index contributed by atoms with van der Waals surface area (Å²) in [5.41, 5.74) is 4.17. The molecule has 8 aromatic carbocycles. The van der Waals surface area contributed by atoms with E-state index in [2.05, 4.69) is 46.5 Å². The van der Waals surface area contributed by atoms with Gasteiger partial charge in [0.1, 0.15) is 57.3 Å². The third-order valence-corrected chi connectivity index (χ3v) is 21.5. The van der Waals surface area contributed by atoms with Crippen molar-refractivity contribution >= 4 is 94.8 Å². The second-order valence-corrected chi connectivity index (χ2v) is 32.1. The molecule has 16 rings (SSSR count). The number of aliphatic carboxylic acids is 4. The molecule has 0 spiro atoms. The molecule has 0 aliphatic carbocycles. The van der Waals surface area contributed by atoms with E-state index >= 15 is 0 Å². The van der Waals surface area contributed by atoms with Gasteiger partial charge < -0.3 is 101 Å². The minimum absolute atomic E-state index is 0. The number of quaternary nitrogens is 2. The van der Waals surface area contributed by atoms with E-state index in [1.165, 1.54) is 9.80 Å². The van der Waals surface area contributed by atoms with Crippen LogP contribution in [0.15, 0.2) is 209 Å². The number of hydrogen-bond acceptors (Lipinski definition) is 20. The number of nitrogens with zero attached hydrogens (tertiary/aromatic N) is 9. The van der Waals surface area contributed by atoms with Crippen LogP contribution in [0, 0.1) is 21.7 Å². The van der Waals surface area contributed by atoms with Crippen LogP contribution in [0.1, 0.15) is 81.9 Å². The number of carboxylic acids is 4. The largest absolute Gasteiger partial charge is 1.00 e. The number of halogens is 5. The van der Waals surface area contributed by atoms with Gasteiger partial charge in [0.05, 0.1) is 48.3 Å². The fourth-order valence-electron chi connectivity index (χ4n) is 15.0. The molecule has 0 radical (unpaired) electrons. The summed E-state index contributed by atoms with van der Waals surface area (Å²) < 4.78 is 24.5. The maximum atomic E-state index is 11.4. The van der Waals surface area contributed by atoms with Gasteiger partial charge in [-0.05, 0) is 105 Å². The number of para-hydroxylation sites is 12. The van der Waals surface area contributed by atoms with Gasteiger partial charge in [-0.3, -0.25) is 29.3 Å². The Morgan fingerprint density at radius 2 is 0.650 bits per heavy atom. The number of carbonyl (C=O) groups excluding carboxylic acids is 3. The van der Waals surface area contributed by atoms with Crippen LogP contribution in [0.2, 0.25) is 0 Å². The molecule has 4 saturated heterocycles. The van der Waals surface area contributed by atoms with Crippen molar-refractivity contribution in [3.8, 4) is 46.0 Å². The van der Waals surface area contributed by atoms with Gasteiger partial charge in [-0.1, -0.05) is 139 Å². The Morgan fingerprint density at radius 3 is 1.03 bits per heavy atom. The molecule has 0 aromatic heterocycles. The average Bonchev–Trinajstić information content (AvgIpc) is 1.63. The minimum atomic E-state index is -1.01. The van der Waals surface area contributed by atoms with Crippen molar-refractivity contribution in [1.82, 2.24) is 29.4 Å². The lowest BCUT2D eigenvalue weighted by molar-refractivity contribution is -0.830. The highest BCUT2D eigenvalue weighted by Gasteiger charge is 2.39. The first kappa shape index (κ1) is 92.8. The molecule has 0 saturated carbocycles. The number of carbonyl (C=O) groups is 4. The monoisotopic (exact) mass is 1700 g/mol. The molecule has 0 amide bonds. The zero-order chi connectivity index (χ0) is 78.9. The summed E-state index contributed by atoms with van der Waals surface area (Å²) in [6, 6.07) is 63.4. The Bertz CT molecular complexity index is 4310. The van der Waals surface area contributed by atoms with Crippen LogP contribution in [0.3, 0.4) is 0 Å². The highest BCUT2D eigenvalue weighted by molar-refractivity contribution is 6.05. The lowest BCUT2D eigenvalue weighted by atomic mass is 9.93. The van der Waals surface area contributed by atoms with Gasteiger partial charge in [0.2, 0.25) is 5.84 Å². The molecule has 4 N–H and O–H groups in total. The summed E-state index contributed by atoms with van der Waals surface area (Å²) in [5.74, 6) is 6.51. The maximum absolute atomic E-state index is 11.4. The van der Waals surface area contributed by atoms with Crippen molar-refractivity contribution in [3.05, 3.63) is 216 Å². The average molecular weight is 1700 g/mol. The molecule has 624 valence electrons. The smallest absolute Gasteiger partial charge is 1.00 e. The number of carboxylic acid groups (broad SMARTS) is 4. The lowest BCUT2D eigenvalue weighted by Crippen LogP contribution is -3.21. The molecule has 0 atom stereocenters. The number of aliphatic imine (C=N–C) groups is 3. The summed E-state index contributed by atoms with van der Waals surface area (Å²) >= 11 is 0. The number of rotatable bonds is 12. The van der Waals surface area contributed by atoms with Gasteiger partial charge in [0, 0.05) is 145 Å². The maximum Gasteiger partial charge on any atom is 1.00 e. The highest BCUT2D eigenvalue weighted by Crippen LogP contribution is 2.41. The van der Waals surface area contributed by atoms with E-state index in [-0.39, 0.29) is 66.3 Å². The van der Waals surface area contributed by atoms with E-state index in [0.29, 0.717) is 26.2 Å². The zero-order valence-electron chi connectivity index (χ0n) is 70.0. The number of ether oxygens (including phenoxy) is 4. The molecule has 117 heavy (non-hydrogen) atoms. The fraction of sp³-hybridized carbons (Fsp3) is 0.364. The number of benzene rings is 8. The van der Waals surface area contributed by atoms with Crippen LogP contribution in [-0.4, -0.2) is 213 Å². The van der Waals surface area contributed by atoms with Gasteiger partial charge in [0.15, 0.2) is 23.0 Å². The molecular formula is C88H105Cl5N12O12. The van der Waals surface area contributed by atoms with Crippen molar-refractivity contribution in [2.45, 2.75) is 55.4 Å². The molecule has 8 heterocycles. The number of amidine groups is 4. The summed E-state index contributed by atoms with van der Waals surface area (Å²) in [6.45, 7) is 29.1. The van der Waals surface area contributed by atoms with Crippen molar-refractivity contribution in [3.63, 3.8) is 0 Å². The normalized spacial score (nSPS) is 16.6. The highest BCUT2D eigenvalue weighted by atomic mass is 35.5. The molecule has 0 bridgehead atoms. The molecule has 29 heteroatoms. The third-order valence-electron chi connectivity index (χ3n) is 21.5. The number of nitrogens with one attached hydrogen (secondary N) is 3. The first-order valence-electron chi connectivity index (χ1n) is 38.6. The predicted octanol–water partition coefficient (Wildman–Crippen LogP) is -2.17. The first-order valence-corrected chi connectivity index (χ1v) is 38.6. The van der Waals surface area contributed by atoms with Crippen LogP contribution in [0.4, 0.5) is 22.7 Å². The van der Waals surface area contributed by atoms with E-state index < -0.39 is 45.5 Å². The summed E-state index contributed by atoms with van der Waals surface area (Å²) in [5, 5.41) is 43.4. The predicted molar refractivity (Wildman–Crippen MR) is 441 cm³/mol. The Morgan fingerprint density at radius 1 is 0.368 bits per heavy atom. The van der Waals surface area contributed by atoms with Crippen LogP contribution in [0.5, 0.6) is 46.0 Å². The Labute approximate surface area is 720 Å². The van der Waals surface area contributed by atoms with Crippen LogP contribution < -0.4 is 86.3 Å². The lowest BCUT2D eigenvalue weighted by Gasteiger charge is -2.40. The van der Waals surface area contributed by atoms with E-state index in [0.717, 1.165) is 219 Å². The number of piperazine rings is 4. The summed E-state index contributed by atoms with van der Waals surface area (Å²) in [7, 11) is 0. The van der Waals surface area contributed by atoms with E-state index in [4.69, 9.17) is 33.9 Å². The van der Waals surface area contributed by atoms with Crippen LogP contribution >= 0.6 is 24.8 Å². The quantitative estimate of drug-likeness (QED) is 0.101. The van der Waals surface area contributed by atoms with Gasteiger partial charge in [-0.2, -0.15) is 9.98 Å². The summed E-state index contributed by atoms with van der Waals surface area (Å²) in [6.07, 6.45) is 0. The second kappa shape index (κ2) is 40.7. The molecule has 8 aromatic rings. The van der Waals surface area contributed by atoms with E-state index in [9.17, 15) is 39.6 Å². The Balaban J connectivity index is 0.000000279. The van der Waals surface area contributed by atoms with E-state index in [1.54, 1.807) is 55.4 Å². The molecule has 4 fully saturated rings. The third kappa shape index (κ3) is 22.6. The number of fused-ring (bicyclic) bond motifs is 8. The zero-order valence-corrected chi connectivity index (χ0v) is 70.9. The SMILES string of the molecule is CC(C)(CN1CCN(C2=Nc3ccccc3Oc3ccccc32)CC1)C(=O)O.CC(C)(CN1CCN(C2=Nc3ccccc3Oc3ccccc32)CC1)C(=O)[O-].CC(C)(CN1CC[NH+](C2=Nc3ccccc3Oc3ccccc32)CC1)C(=O)[O-].CC(C)(CN1CC[NH+](C2=[NH+]c3ccccc3Oc3ccccc32)CC1)C(=O)[O-].Cl.Cl.[Cl-].[Cl-].[Cl-].[H+].[H+].[H+]. The van der Waals surface area contributed by atoms with Crippen molar-refractivity contribution in [2.75, 3.05) is 131 Å². The van der Waals surface area contributed by atoms with E-state index in [1.807, 2.05) is 182 Å². The second-order valence-electron chi connectivity index (χ2n) is 32.1. The van der Waals surface area contributed by atoms with Crippen molar-refractivity contribution < 1.29 is 115 Å². The first-order chi connectivity index (χ1) is 53.7. The number of hydrogen-bond donors (Lipinski definition) is 4. The van der Waals surface area contributed by atoms with Crippen molar-refractivity contribution in [1.29, 1.82) is 0 Å². The van der Waals surface area contributed by atoms with Gasteiger partial charge in [-0.15, -0.1) is 24.8 Å². The summed E-state index contributed by atoms with van der Waals surface area (Å²) in [4.78, 5) is 79.8. The topological polar surface area (TPSA) is 274 Å². The molecule has 24 nitrogen and oxygen atoms in total. The standard InChI is InChI=1S/4C22H25N3O3.5ClH/c4*1-22(2,21(26)27)15-24-11-13-25(14-12-24)20-16-7-3-5-9-18(16)28-19-10-6-4-8-17(19)23-20;;;;;/h4*3-10H,11-15H2,1-2H3,(H,26,27);5*1H. The molecular weight excluding hydrogens is 1590 g/mol. The van der Waals surface area contributed by atoms with Crippen molar-refractivity contribution in [2.24, 2.45) is 36.6 Å². The van der Waals surface area contributed by atoms with Gasteiger partial charge in [0.25, 0.3) is 5.69 Å². The Hall–Kier alpha value is -9.67. The molecule has 0 unspecified atom stereocenters. The molecule has 8 aliphatic heterocycles. The Kier molecular flexibility index (Phi) is 32.3. The minimum Gasteiger partial charge on any atom is -1.00 e. The fourth-order valence-corrected chi connectivity index (χ4v) is 15.0. The van der Waals surface area contributed by atoms with Gasteiger partial charge in [-0.25, -0.2) is 14.9 Å². The van der Waals surface area contributed by atoms with Crippen LogP contribution in [0.25, 0.3) is 0 Å². The van der Waals surface area contributed by atoms with Crippen LogP contribution in [-0.2, 0) is 19.2 Å².